The molecule has 0 radical (unpaired) electrons. The third kappa shape index (κ3) is 2.87. The Morgan fingerprint density at radius 1 is 1.22 bits per heavy atom. The molecule has 7 nitrogen and oxygen atoms in total. The van der Waals surface area contributed by atoms with Crippen LogP contribution in [-0.4, -0.2) is 31.2 Å². The van der Waals surface area contributed by atoms with Gasteiger partial charge in [-0.05, 0) is 50.6 Å². The Kier molecular flexibility index (Phi) is 3.95. The van der Waals surface area contributed by atoms with Crippen LogP contribution in [0.4, 0.5) is 5.82 Å². The molecule has 1 heterocycles. The van der Waals surface area contributed by atoms with Crippen molar-refractivity contribution >= 4 is 21.7 Å². The zero-order chi connectivity index (χ0) is 16.6. The first kappa shape index (κ1) is 15.7. The summed E-state index contributed by atoms with van der Waals surface area (Å²) in [6, 6.07) is 5.81. The molecule has 2 N–H and O–H groups in total. The lowest BCUT2D eigenvalue weighted by Gasteiger charge is -2.08. The van der Waals surface area contributed by atoms with E-state index >= 15 is 0 Å². The topological polar surface area (TPSA) is 93.1 Å². The van der Waals surface area contributed by atoms with E-state index in [0.29, 0.717) is 5.56 Å². The first-order valence-corrected chi connectivity index (χ1v) is 8.80. The second-order valence-corrected chi connectivity index (χ2v) is 7.32. The van der Waals surface area contributed by atoms with Crippen LogP contribution >= 0.6 is 0 Å². The SMILES string of the molecule is CNS(=O)(=O)c1ccc(C(=O)Nc2c3c(nn2C)CCC3)cc1. The number of nitrogens with zero attached hydrogens (tertiary/aromatic N) is 2. The van der Waals surface area contributed by atoms with Crippen molar-refractivity contribution < 1.29 is 13.2 Å². The zero-order valence-electron chi connectivity index (χ0n) is 13.0. The summed E-state index contributed by atoms with van der Waals surface area (Å²) in [5, 5.41) is 7.29. The molecule has 0 aliphatic heterocycles. The van der Waals surface area contributed by atoms with Crippen molar-refractivity contribution in [2.45, 2.75) is 24.2 Å². The highest BCUT2D eigenvalue weighted by Crippen LogP contribution is 2.28. The maximum absolute atomic E-state index is 12.4. The van der Waals surface area contributed by atoms with Gasteiger partial charge in [-0.1, -0.05) is 0 Å². The van der Waals surface area contributed by atoms with Gasteiger partial charge in [-0.15, -0.1) is 0 Å². The van der Waals surface area contributed by atoms with Crippen molar-refractivity contribution in [1.82, 2.24) is 14.5 Å². The van der Waals surface area contributed by atoms with Crippen LogP contribution in [0, 0.1) is 0 Å². The van der Waals surface area contributed by atoms with E-state index in [1.165, 1.54) is 31.3 Å². The first-order valence-electron chi connectivity index (χ1n) is 7.32. The van der Waals surface area contributed by atoms with Crippen LogP contribution in [-0.2, 0) is 29.9 Å². The van der Waals surface area contributed by atoms with Gasteiger partial charge in [0.2, 0.25) is 10.0 Å². The third-order valence-electron chi connectivity index (χ3n) is 4.00. The van der Waals surface area contributed by atoms with Gasteiger partial charge in [0.15, 0.2) is 0 Å². The third-order valence-corrected chi connectivity index (χ3v) is 5.43. The van der Waals surface area contributed by atoms with Crippen LogP contribution in [0.1, 0.15) is 28.0 Å². The summed E-state index contributed by atoms with van der Waals surface area (Å²) in [7, 11) is -0.353. The Hall–Kier alpha value is -2.19. The van der Waals surface area contributed by atoms with E-state index in [-0.39, 0.29) is 10.8 Å². The number of anilines is 1. The standard InChI is InChI=1S/C15H18N4O3S/c1-16-23(21,22)11-8-6-10(7-9-11)15(20)17-14-12-4-3-5-13(12)18-19(14)2/h6-9,16H,3-5H2,1-2H3,(H,17,20). The van der Waals surface area contributed by atoms with Gasteiger partial charge in [0, 0.05) is 18.2 Å². The van der Waals surface area contributed by atoms with E-state index in [4.69, 9.17) is 0 Å². The van der Waals surface area contributed by atoms with Crippen molar-refractivity contribution in [3.63, 3.8) is 0 Å². The molecule has 0 atom stereocenters. The molecule has 1 aliphatic rings. The summed E-state index contributed by atoms with van der Waals surface area (Å²) in [5.41, 5.74) is 2.53. The molecule has 0 saturated heterocycles. The van der Waals surface area contributed by atoms with E-state index in [0.717, 1.165) is 36.3 Å². The smallest absolute Gasteiger partial charge is 0.256 e. The molecule has 0 saturated carbocycles. The second-order valence-electron chi connectivity index (χ2n) is 5.44. The molecule has 0 unspecified atom stereocenters. The molecular weight excluding hydrogens is 316 g/mol. The molecule has 3 rings (SSSR count). The maximum atomic E-state index is 12.4. The van der Waals surface area contributed by atoms with Crippen LogP contribution in [0.25, 0.3) is 0 Å². The Labute approximate surface area is 134 Å². The fourth-order valence-corrected chi connectivity index (χ4v) is 3.49. The van der Waals surface area contributed by atoms with Gasteiger partial charge in [0.05, 0.1) is 10.6 Å². The molecule has 122 valence electrons. The van der Waals surface area contributed by atoms with Crippen LogP contribution in [0.2, 0.25) is 0 Å². The van der Waals surface area contributed by atoms with Crippen LogP contribution in [0.15, 0.2) is 29.2 Å². The molecule has 0 bridgehead atoms. The monoisotopic (exact) mass is 334 g/mol. The second kappa shape index (κ2) is 5.78. The first-order chi connectivity index (χ1) is 10.9. The molecule has 1 aromatic heterocycles. The van der Waals surface area contributed by atoms with Crippen molar-refractivity contribution in [2.24, 2.45) is 7.05 Å². The lowest BCUT2D eigenvalue weighted by molar-refractivity contribution is 0.102. The Morgan fingerprint density at radius 3 is 2.57 bits per heavy atom. The quantitative estimate of drug-likeness (QED) is 0.875. The average molecular weight is 334 g/mol. The Bertz CT molecular complexity index is 854. The number of carbonyl (C=O) groups excluding carboxylic acids is 1. The highest BCUT2D eigenvalue weighted by Gasteiger charge is 2.22. The van der Waals surface area contributed by atoms with E-state index in [2.05, 4.69) is 15.1 Å². The number of fused-ring (bicyclic) bond motifs is 1. The number of sulfonamides is 1. The van der Waals surface area contributed by atoms with Gasteiger partial charge in [0.1, 0.15) is 5.82 Å². The highest BCUT2D eigenvalue weighted by atomic mass is 32.2. The minimum Gasteiger partial charge on any atom is -0.307 e. The molecule has 1 aliphatic carbocycles. The summed E-state index contributed by atoms with van der Waals surface area (Å²) in [6.45, 7) is 0. The Morgan fingerprint density at radius 2 is 1.91 bits per heavy atom. The minimum absolute atomic E-state index is 0.123. The van der Waals surface area contributed by atoms with Gasteiger partial charge < -0.3 is 5.32 Å². The zero-order valence-corrected chi connectivity index (χ0v) is 13.8. The van der Waals surface area contributed by atoms with Crippen LogP contribution in [0.5, 0.6) is 0 Å². The van der Waals surface area contributed by atoms with Gasteiger partial charge in [0.25, 0.3) is 5.91 Å². The summed E-state index contributed by atoms with van der Waals surface area (Å²) in [6.07, 6.45) is 2.91. The van der Waals surface area contributed by atoms with Gasteiger partial charge in [-0.25, -0.2) is 13.1 Å². The fraction of sp³-hybridized carbons (Fsp3) is 0.333. The summed E-state index contributed by atoms with van der Waals surface area (Å²) >= 11 is 0. The molecule has 0 spiro atoms. The molecule has 2 aromatic rings. The summed E-state index contributed by atoms with van der Waals surface area (Å²) in [4.78, 5) is 12.5. The lowest BCUT2D eigenvalue weighted by atomic mass is 10.2. The molecule has 8 heteroatoms. The molecule has 1 aromatic carbocycles. The van der Waals surface area contributed by atoms with Crippen molar-refractivity contribution in [2.75, 3.05) is 12.4 Å². The number of hydrogen-bond donors (Lipinski definition) is 2. The van der Waals surface area contributed by atoms with Crippen LogP contribution < -0.4 is 10.0 Å². The molecular formula is C15H18N4O3S. The van der Waals surface area contributed by atoms with E-state index in [1.54, 1.807) is 11.7 Å². The highest BCUT2D eigenvalue weighted by molar-refractivity contribution is 7.89. The number of amides is 1. The molecule has 1 amide bonds. The van der Waals surface area contributed by atoms with E-state index in [9.17, 15) is 13.2 Å². The number of aromatic nitrogens is 2. The Balaban J connectivity index is 1.82. The van der Waals surface area contributed by atoms with Gasteiger partial charge in [-0.2, -0.15) is 5.10 Å². The van der Waals surface area contributed by atoms with E-state index in [1.807, 2.05) is 0 Å². The number of nitrogens with one attached hydrogen (secondary N) is 2. The predicted octanol–water partition coefficient (Wildman–Crippen LogP) is 1.07. The molecule has 0 fully saturated rings. The number of carbonyl (C=O) groups is 1. The number of benzene rings is 1. The predicted molar refractivity (Wildman–Crippen MR) is 85.9 cm³/mol. The van der Waals surface area contributed by atoms with Crippen molar-refractivity contribution in [1.29, 1.82) is 0 Å². The minimum atomic E-state index is -3.50. The lowest BCUT2D eigenvalue weighted by Crippen LogP contribution is -2.19. The van der Waals surface area contributed by atoms with Crippen molar-refractivity contribution in [3.8, 4) is 0 Å². The number of aryl methyl sites for hydroxylation is 2. The number of hydrogen-bond acceptors (Lipinski definition) is 4. The van der Waals surface area contributed by atoms with Gasteiger partial charge >= 0.3 is 0 Å². The van der Waals surface area contributed by atoms with Gasteiger partial charge in [-0.3, -0.25) is 9.48 Å². The van der Waals surface area contributed by atoms with Crippen molar-refractivity contribution in [3.05, 3.63) is 41.1 Å². The number of rotatable bonds is 4. The fourth-order valence-electron chi connectivity index (χ4n) is 2.76. The summed E-state index contributed by atoms with van der Waals surface area (Å²) in [5.74, 6) is 0.436. The normalized spacial score (nSPS) is 13.8. The molecule has 23 heavy (non-hydrogen) atoms. The van der Waals surface area contributed by atoms with Crippen LogP contribution in [0.3, 0.4) is 0 Å². The largest absolute Gasteiger partial charge is 0.307 e. The van der Waals surface area contributed by atoms with E-state index < -0.39 is 10.0 Å². The maximum Gasteiger partial charge on any atom is 0.256 e. The average Bonchev–Trinajstić information content (AvgIpc) is 3.10. The summed E-state index contributed by atoms with van der Waals surface area (Å²) < 4.78 is 27.3.